The van der Waals surface area contributed by atoms with Crippen molar-refractivity contribution in [3.63, 3.8) is 0 Å². The second-order valence-electron chi connectivity index (χ2n) is 7.46. The van der Waals surface area contributed by atoms with Crippen molar-refractivity contribution in [1.29, 1.82) is 0 Å². The van der Waals surface area contributed by atoms with Crippen molar-refractivity contribution in [1.82, 2.24) is 0 Å². The lowest BCUT2D eigenvalue weighted by Gasteiger charge is -2.38. The third kappa shape index (κ3) is 4.37. The van der Waals surface area contributed by atoms with Crippen LogP contribution in [0.15, 0.2) is 18.2 Å². The summed E-state index contributed by atoms with van der Waals surface area (Å²) < 4.78 is 0. The molecule has 1 unspecified atom stereocenters. The zero-order valence-corrected chi connectivity index (χ0v) is 14.7. The Balaban J connectivity index is 1.93. The topological polar surface area (TPSA) is 20.2 Å². The van der Waals surface area contributed by atoms with E-state index in [1.807, 2.05) is 12.1 Å². The highest BCUT2D eigenvalue weighted by Gasteiger charge is 2.32. The van der Waals surface area contributed by atoms with E-state index < -0.39 is 0 Å². The van der Waals surface area contributed by atoms with Gasteiger partial charge in [0, 0.05) is 6.42 Å². The zero-order chi connectivity index (χ0) is 15.6. The number of aliphatic hydroxyl groups excluding tert-OH is 1. The Morgan fingerprint density at radius 2 is 1.76 bits per heavy atom. The van der Waals surface area contributed by atoms with Gasteiger partial charge in [-0.1, -0.05) is 56.1 Å². The monoisotopic (exact) mass is 328 g/mol. The van der Waals surface area contributed by atoms with Gasteiger partial charge in [0.2, 0.25) is 0 Å². The van der Waals surface area contributed by atoms with Crippen LogP contribution in [-0.2, 0) is 6.42 Å². The molecule has 0 radical (unpaired) electrons. The summed E-state index contributed by atoms with van der Waals surface area (Å²) in [6.07, 6.45) is 4.94. The van der Waals surface area contributed by atoms with E-state index in [4.69, 9.17) is 23.2 Å². The maximum absolute atomic E-state index is 10.5. The molecule has 0 amide bonds. The number of hydrogen-bond acceptors (Lipinski definition) is 1. The molecule has 0 aromatic heterocycles. The van der Waals surface area contributed by atoms with Crippen LogP contribution in [0.2, 0.25) is 10.0 Å². The van der Waals surface area contributed by atoms with Gasteiger partial charge in [-0.25, -0.2) is 0 Å². The van der Waals surface area contributed by atoms with Gasteiger partial charge in [0.15, 0.2) is 0 Å². The lowest BCUT2D eigenvalue weighted by Crippen LogP contribution is -2.31. The fourth-order valence-corrected chi connectivity index (χ4v) is 3.87. The van der Waals surface area contributed by atoms with Crippen LogP contribution in [0.4, 0.5) is 0 Å². The molecule has 21 heavy (non-hydrogen) atoms. The second kappa shape index (κ2) is 6.89. The van der Waals surface area contributed by atoms with E-state index in [-0.39, 0.29) is 6.10 Å². The van der Waals surface area contributed by atoms with E-state index in [0.717, 1.165) is 24.3 Å². The third-order valence-electron chi connectivity index (χ3n) is 5.00. The molecular weight excluding hydrogens is 303 g/mol. The SMILES string of the molecule is CC(C)(C)C1CCC(C(O)Cc2cccc(Cl)c2Cl)CC1. The molecule has 118 valence electrons. The normalized spacial score (nSPS) is 24.9. The summed E-state index contributed by atoms with van der Waals surface area (Å²) in [5.74, 6) is 1.16. The second-order valence-corrected chi connectivity index (χ2v) is 8.25. The molecule has 1 aliphatic carbocycles. The molecule has 0 spiro atoms. The summed E-state index contributed by atoms with van der Waals surface area (Å²) in [7, 11) is 0. The molecule has 0 aliphatic heterocycles. The van der Waals surface area contributed by atoms with E-state index in [1.54, 1.807) is 6.07 Å². The zero-order valence-electron chi connectivity index (χ0n) is 13.2. The van der Waals surface area contributed by atoms with Crippen molar-refractivity contribution in [3.8, 4) is 0 Å². The first kappa shape index (κ1) is 17.1. The Kier molecular flexibility index (Phi) is 5.62. The fraction of sp³-hybridized carbons (Fsp3) is 0.667. The molecule has 1 aromatic rings. The van der Waals surface area contributed by atoms with Crippen molar-refractivity contribution in [2.75, 3.05) is 0 Å². The van der Waals surface area contributed by atoms with Gasteiger partial charge in [-0.15, -0.1) is 0 Å². The van der Waals surface area contributed by atoms with Gasteiger partial charge >= 0.3 is 0 Å². The highest BCUT2D eigenvalue weighted by molar-refractivity contribution is 6.42. The molecule has 1 fully saturated rings. The van der Waals surface area contributed by atoms with Crippen LogP contribution in [0, 0.1) is 17.3 Å². The Bertz CT molecular complexity index is 471. The Morgan fingerprint density at radius 3 is 2.33 bits per heavy atom. The molecule has 0 heterocycles. The van der Waals surface area contributed by atoms with E-state index in [0.29, 0.717) is 27.8 Å². The molecular formula is C18H26Cl2O. The average Bonchev–Trinajstić information content (AvgIpc) is 2.43. The first-order valence-corrected chi connectivity index (χ1v) is 8.65. The van der Waals surface area contributed by atoms with E-state index in [1.165, 1.54) is 12.8 Å². The van der Waals surface area contributed by atoms with Crippen LogP contribution in [0.1, 0.15) is 52.0 Å². The maximum atomic E-state index is 10.5. The third-order valence-corrected chi connectivity index (χ3v) is 5.86. The summed E-state index contributed by atoms with van der Waals surface area (Å²) in [5, 5.41) is 11.7. The first-order chi connectivity index (χ1) is 9.79. The molecule has 0 bridgehead atoms. The van der Waals surface area contributed by atoms with Gasteiger partial charge in [-0.05, 0) is 54.6 Å². The van der Waals surface area contributed by atoms with Crippen molar-refractivity contribution in [2.45, 2.75) is 59.0 Å². The number of aliphatic hydroxyl groups is 1. The van der Waals surface area contributed by atoms with Gasteiger partial charge in [-0.3, -0.25) is 0 Å². The smallest absolute Gasteiger partial charge is 0.0625 e. The number of halogens is 2. The molecule has 0 saturated heterocycles. The van der Waals surface area contributed by atoms with E-state index in [9.17, 15) is 5.11 Å². The summed E-state index contributed by atoms with van der Waals surface area (Å²) in [6.45, 7) is 6.96. The highest BCUT2D eigenvalue weighted by Crippen LogP contribution is 2.41. The largest absolute Gasteiger partial charge is 0.392 e. The highest BCUT2D eigenvalue weighted by atomic mass is 35.5. The standard InChI is InChI=1S/C18H26Cl2O/c1-18(2,3)14-9-7-12(8-10-14)16(21)11-13-5-4-6-15(19)17(13)20/h4-6,12,14,16,21H,7-11H2,1-3H3. The van der Waals surface area contributed by atoms with Crippen LogP contribution in [-0.4, -0.2) is 11.2 Å². The van der Waals surface area contributed by atoms with E-state index in [2.05, 4.69) is 20.8 Å². The maximum Gasteiger partial charge on any atom is 0.0625 e. The minimum atomic E-state index is -0.318. The first-order valence-electron chi connectivity index (χ1n) is 7.90. The molecule has 1 aromatic carbocycles. The van der Waals surface area contributed by atoms with E-state index >= 15 is 0 Å². The van der Waals surface area contributed by atoms with Crippen LogP contribution in [0.25, 0.3) is 0 Å². The molecule has 1 atom stereocenters. The minimum Gasteiger partial charge on any atom is -0.392 e. The predicted molar refractivity (Wildman–Crippen MR) is 91.1 cm³/mol. The van der Waals surface area contributed by atoms with Gasteiger partial charge < -0.3 is 5.11 Å². The summed E-state index contributed by atoms with van der Waals surface area (Å²) in [5.41, 5.74) is 1.33. The number of benzene rings is 1. The van der Waals surface area contributed by atoms with Crippen LogP contribution >= 0.6 is 23.2 Å². The minimum absolute atomic E-state index is 0.318. The molecule has 2 rings (SSSR count). The van der Waals surface area contributed by atoms with Crippen molar-refractivity contribution in [3.05, 3.63) is 33.8 Å². The van der Waals surface area contributed by atoms with Crippen LogP contribution in [0.3, 0.4) is 0 Å². The van der Waals surface area contributed by atoms with Gasteiger partial charge in [-0.2, -0.15) is 0 Å². The molecule has 1 aliphatic rings. The van der Waals surface area contributed by atoms with Gasteiger partial charge in [0.05, 0.1) is 16.1 Å². The Morgan fingerprint density at radius 1 is 1.14 bits per heavy atom. The van der Waals surface area contributed by atoms with Crippen LogP contribution < -0.4 is 0 Å². The van der Waals surface area contributed by atoms with Crippen molar-refractivity contribution < 1.29 is 5.11 Å². The number of rotatable bonds is 3. The summed E-state index contributed by atoms with van der Waals surface area (Å²) >= 11 is 12.3. The lowest BCUT2D eigenvalue weighted by atomic mass is 9.68. The predicted octanol–water partition coefficient (Wildman–Crippen LogP) is 5.75. The molecule has 1 nitrogen and oxygen atoms in total. The molecule has 1 N–H and O–H groups in total. The summed E-state index contributed by atoms with van der Waals surface area (Å²) in [4.78, 5) is 0. The van der Waals surface area contributed by atoms with Gasteiger partial charge in [0.1, 0.15) is 0 Å². The van der Waals surface area contributed by atoms with Gasteiger partial charge in [0.25, 0.3) is 0 Å². The Hall–Kier alpha value is -0.240. The van der Waals surface area contributed by atoms with Crippen LogP contribution in [0.5, 0.6) is 0 Å². The molecule has 3 heteroatoms. The quantitative estimate of drug-likeness (QED) is 0.748. The number of hydrogen-bond donors (Lipinski definition) is 1. The Labute approximate surface area is 138 Å². The fourth-order valence-electron chi connectivity index (χ4n) is 3.47. The summed E-state index contributed by atoms with van der Waals surface area (Å²) in [6, 6.07) is 5.64. The van der Waals surface area contributed by atoms with Crippen molar-refractivity contribution >= 4 is 23.2 Å². The molecule has 1 saturated carbocycles. The van der Waals surface area contributed by atoms with Crippen molar-refractivity contribution in [2.24, 2.45) is 17.3 Å². The lowest BCUT2D eigenvalue weighted by molar-refractivity contribution is 0.0537. The average molecular weight is 329 g/mol.